The molecule has 0 aromatic heterocycles. The van der Waals surface area contributed by atoms with Gasteiger partial charge in [-0.15, -0.1) is 0 Å². The van der Waals surface area contributed by atoms with Crippen molar-refractivity contribution in [2.24, 2.45) is 28.4 Å². The van der Waals surface area contributed by atoms with E-state index in [1.807, 2.05) is 13.8 Å². The van der Waals surface area contributed by atoms with Gasteiger partial charge in [-0.1, -0.05) is 52.0 Å². The molecule has 35 heavy (non-hydrogen) atoms. The van der Waals surface area contributed by atoms with Crippen molar-refractivity contribution in [1.29, 1.82) is 0 Å². The number of nitrogens with zero attached hydrogens (tertiary/aromatic N) is 1. The van der Waals surface area contributed by atoms with Gasteiger partial charge in [0.25, 0.3) is 0 Å². The van der Waals surface area contributed by atoms with E-state index in [0.29, 0.717) is 19.0 Å². The largest absolute Gasteiger partial charge is 0.351 e. The van der Waals surface area contributed by atoms with Gasteiger partial charge in [0.05, 0.1) is 11.8 Å². The Bertz CT molecular complexity index is 1090. The molecule has 5 rings (SSSR count). The van der Waals surface area contributed by atoms with Crippen LogP contribution in [-0.2, 0) is 26.7 Å². The number of carbonyl (C=O) groups excluding carboxylic acids is 1. The van der Waals surface area contributed by atoms with Crippen LogP contribution in [-0.4, -0.2) is 49.6 Å². The first-order chi connectivity index (χ1) is 16.4. The van der Waals surface area contributed by atoms with Crippen LogP contribution in [0.15, 0.2) is 24.3 Å². The van der Waals surface area contributed by atoms with E-state index in [9.17, 15) is 13.2 Å². The van der Waals surface area contributed by atoms with E-state index in [-0.39, 0.29) is 34.4 Å². The number of nitrogens with one attached hydrogen (secondary N) is 1. The van der Waals surface area contributed by atoms with E-state index < -0.39 is 21.5 Å². The SMILES string of the molecule is CC(C)[C@@H](N)C(=O)N[C@H]1C[C@H]2CC[C@]1(CS(=O)(=O)N1CCC3(CCc4ccccc43)CC1)C2(C)C. The van der Waals surface area contributed by atoms with Crippen molar-refractivity contribution in [2.45, 2.75) is 90.1 Å². The van der Waals surface area contributed by atoms with Gasteiger partial charge >= 0.3 is 0 Å². The molecule has 4 aliphatic rings. The second-order valence-electron chi connectivity index (χ2n) is 12.8. The standard InChI is InChI=1S/C28H43N3O3S/c1-19(2)24(29)25(32)30-23-17-21-10-12-28(23,26(21,3)4)18-35(33,34)31-15-13-27(14-16-31)11-9-20-7-5-6-8-22(20)27/h5-8,19,21,23-24H,9-18,29H2,1-4H3,(H,30,32)/t21-,23+,24-,28-/m1/s1. The van der Waals surface area contributed by atoms with Crippen molar-refractivity contribution in [3.63, 3.8) is 0 Å². The third kappa shape index (κ3) is 3.88. The van der Waals surface area contributed by atoms with Crippen LogP contribution < -0.4 is 11.1 Å². The quantitative estimate of drug-likeness (QED) is 0.623. The van der Waals surface area contributed by atoms with Crippen LogP contribution >= 0.6 is 0 Å². The van der Waals surface area contributed by atoms with E-state index in [2.05, 4.69) is 43.4 Å². The second kappa shape index (κ2) is 8.56. The Morgan fingerprint density at radius 3 is 2.49 bits per heavy atom. The molecule has 1 aliphatic heterocycles. The lowest BCUT2D eigenvalue weighted by molar-refractivity contribution is -0.125. The Balaban J connectivity index is 1.34. The number of aryl methyl sites for hydroxylation is 1. The van der Waals surface area contributed by atoms with E-state index >= 15 is 0 Å². The van der Waals surface area contributed by atoms with Gasteiger partial charge in [0.15, 0.2) is 0 Å². The molecule has 2 bridgehead atoms. The van der Waals surface area contributed by atoms with Crippen molar-refractivity contribution >= 4 is 15.9 Å². The molecule has 1 spiro atoms. The summed E-state index contributed by atoms with van der Waals surface area (Å²) in [5.74, 6) is 0.445. The third-order valence-electron chi connectivity index (χ3n) is 10.7. The third-order valence-corrected chi connectivity index (χ3v) is 12.8. The molecule has 1 heterocycles. The molecule has 4 atom stereocenters. The van der Waals surface area contributed by atoms with Gasteiger partial charge in [-0.2, -0.15) is 0 Å². The van der Waals surface area contributed by atoms with Crippen LogP contribution in [0.4, 0.5) is 0 Å². The molecule has 1 aromatic rings. The van der Waals surface area contributed by atoms with Crippen molar-refractivity contribution in [2.75, 3.05) is 18.8 Å². The van der Waals surface area contributed by atoms with Gasteiger partial charge in [0.1, 0.15) is 0 Å². The lowest BCUT2D eigenvalue weighted by Gasteiger charge is -2.45. The lowest BCUT2D eigenvalue weighted by atomic mass is 9.69. The number of rotatable bonds is 6. The van der Waals surface area contributed by atoms with Crippen molar-refractivity contribution < 1.29 is 13.2 Å². The van der Waals surface area contributed by atoms with Crippen LogP contribution in [0.25, 0.3) is 0 Å². The van der Waals surface area contributed by atoms with E-state index in [1.165, 1.54) is 11.1 Å². The predicted molar refractivity (Wildman–Crippen MR) is 139 cm³/mol. The highest BCUT2D eigenvalue weighted by atomic mass is 32.2. The van der Waals surface area contributed by atoms with Crippen LogP contribution in [0.3, 0.4) is 0 Å². The summed E-state index contributed by atoms with van der Waals surface area (Å²) in [6, 6.07) is 8.00. The normalized spacial score (nSPS) is 32.2. The molecule has 3 fully saturated rings. The van der Waals surface area contributed by atoms with Crippen molar-refractivity contribution in [3.8, 4) is 0 Å². The number of hydrogen-bond donors (Lipinski definition) is 2. The predicted octanol–water partition coefficient (Wildman–Crippen LogP) is 3.59. The molecule has 3 N–H and O–H groups in total. The number of fused-ring (bicyclic) bond motifs is 4. The summed E-state index contributed by atoms with van der Waals surface area (Å²) in [4.78, 5) is 12.9. The number of hydrogen-bond acceptors (Lipinski definition) is 4. The molecule has 1 aromatic carbocycles. The van der Waals surface area contributed by atoms with Crippen LogP contribution in [0, 0.1) is 22.7 Å². The summed E-state index contributed by atoms with van der Waals surface area (Å²) in [6.45, 7) is 9.50. The summed E-state index contributed by atoms with van der Waals surface area (Å²) in [5.41, 5.74) is 8.57. The Hall–Kier alpha value is -1.44. The maximum Gasteiger partial charge on any atom is 0.237 e. The summed E-state index contributed by atoms with van der Waals surface area (Å²) in [7, 11) is -3.46. The van der Waals surface area contributed by atoms with Crippen molar-refractivity contribution in [3.05, 3.63) is 35.4 Å². The Morgan fingerprint density at radius 1 is 1.14 bits per heavy atom. The highest BCUT2D eigenvalue weighted by Crippen LogP contribution is 2.66. The fraction of sp³-hybridized carbons (Fsp3) is 0.750. The highest BCUT2D eigenvalue weighted by Gasteiger charge is 2.66. The van der Waals surface area contributed by atoms with Gasteiger partial charge < -0.3 is 11.1 Å². The smallest absolute Gasteiger partial charge is 0.237 e. The average molecular weight is 502 g/mol. The highest BCUT2D eigenvalue weighted by molar-refractivity contribution is 7.89. The molecule has 3 aliphatic carbocycles. The zero-order chi connectivity index (χ0) is 25.2. The van der Waals surface area contributed by atoms with Gasteiger partial charge in [0, 0.05) is 24.5 Å². The number of nitrogens with two attached hydrogens (primary N) is 1. The van der Waals surface area contributed by atoms with Gasteiger partial charge in [-0.25, -0.2) is 12.7 Å². The lowest BCUT2D eigenvalue weighted by Crippen LogP contribution is -2.57. The number of amides is 1. The zero-order valence-corrected chi connectivity index (χ0v) is 22.7. The summed E-state index contributed by atoms with van der Waals surface area (Å²) in [6.07, 6.45) is 6.74. The minimum absolute atomic E-state index is 0.0441. The molecular formula is C28H43N3O3S. The zero-order valence-electron chi connectivity index (χ0n) is 21.8. The molecule has 6 nitrogen and oxygen atoms in total. The van der Waals surface area contributed by atoms with Crippen LogP contribution in [0.5, 0.6) is 0 Å². The van der Waals surface area contributed by atoms with Crippen LogP contribution in [0.2, 0.25) is 0 Å². The Labute approximate surface area is 211 Å². The Kier molecular flexibility index (Phi) is 6.17. The van der Waals surface area contributed by atoms with Gasteiger partial charge in [-0.05, 0) is 78.7 Å². The maximum absolute atomic E-state index is 13.9. The minimum atomic E-state index is -3.46. The first-order valence-corrected chi connectivity index (χ1v) is 15.1. The van der Waals surface area contributed by atoms with Gasteiger partial charge in [0.2, 0.25) is 15.9 Å². The molecule has 1 saturated heterocycles. The number of piperidine rings is 1. The summed E-state index contributed by atoms with van der Waals surface area (Å²) < 4.78 is 29.6. The van der Waals surface area contributed by atoms with Gasteiger partial charge in [-0.3, -0.25) is 4.79 Å². The van der Waals surface area contributed by atoms with E-state index in [4.69, 9.17) is 5.73 Å². The first-order valence-electron chi connectivity index (χ1n) is 13.5. The molecule has 194 valence electrons. The molecule has 0 radical (unpaired) electrons. The number of benzene rings is 1. The molecule has 7 heteroatoms. The Morgan fingerprint density at radius 2 is 1.83 bits per heavy atom. The molecular weight excluding hydrogens is 458 g/mol. The van der Waals surface area contributed by atoms with E-state index in [0.717, 1.165) is 44.9 Å². The second-order valence-corrected chi connectivity index (χ2v) is 14.7. The molecule has 2 saturated carbocycles. The monoisotopic (exact) mass is 501 g/mol. The summed E-state index contributed by atoms with van der Waals surface area (Å²) >= 11 is 0. The van der Waals surface area contributed by atoms with Crippen molar-refractivity contribution in [1.82, 2.24) is 9.62 Å². The fourth-order valence-corrected chi connectivity index (χ4v) is 10.4. The van der Waals surface area contributed by atoms with E-state index in [1.54, 1.807) is 4.31 Å². The minimum Gasteiger partial charge on any atom is -0.351 e. The summed E-state index contributed by atoms with van der Waals surface area (Å²) in [5, 5.41) is 3.22. The number of sulfonamides is 1. The molecule has 0 unspecified atom stereocenters. The first kappa shape index (κ1) is 25.2. The van der Waals surface area contributed by atoms with Crippen LogP contribution in [0.1, 0.15) is 77.3 Å². The fourth-order valence-electron chi connectivity index (χ4n) is 8.09. The average Bonchev–Trinajstić information content (AvgIpc) is 3.35. The molecule has 1 amide bonds. The maximum atomic E-state index is 13.9. The number of carbonyl (C=O) groups is 1. The topological polar surface area (TPSA) is 92.5 Å².